The van der Waals surface area contributed by atoms with E-state index in [2.05, 4.69) is 170 Å². The minimum absolute atomic E-state index is 0.753. The van der Waals surface area contributed by atoms with Crippen LogP contribution in [0.15, 0.2) is 133 Å². The van der Waals surface area contributed by atoms with Gasteiger partial charge in [-0.05, 0) is 83.7 Å². The molecule has 0 radical (unpaired) electrons. The average Bonchev–Trinajstić information content (AvgIpc) is 3.84. The van der Waals surface area contributed by atoms with E-state index in [1.165, 1.54) is 88.1 Å². The highest BCUT2D eigenvalue weighted by molar-refractivity contribution is 6.13. The standard InChI is InChI=1S/C52H46N4/c1-5-33-19-17-20-34(6-2)47(33)49-43(53-51-41-27-11-9-23-37(41)39-25-13-15-29-45(39)55(49)51)31-32-44-50(48-35(7-3)21-18-22-36(48)8-4)56-46-30-16-14-26-40(46)38-24-10-12-28-42(38)52(56)54-44/h9-30H,5-8,31-32H2,1-4H3. The highest BCUT2D eigenvalue weighted by Crippen LogP contribution is 2.41. The topological polar surface area (TPSA) is 34.6 Å². The molecule has 6 aromatic carbocycles. The minimum atomic E-state index is 0.753. The van der Waals surface area contributed by atoms with Gasteiger partial charge in [-0.2, -0.15) is 0 Å². The molecule has 4 heterocycles. The van der Waals surface area contributed by atoms with Crippen molar-refractivity contribution in [3.05, 3.63) is 167 Å². The first kappa shape index (κ1) is 34.2. The van der Waals surface area contributed by atoms with Crippen LogP contribution in [0.3, 0.4) is 0 Å². The maximum absolute atomic E-state index is 5.69. The third-order valence-corrected chi connectivity index (χ3v) is 12.2. The van der Waals surface area contributed by atoms with E-state index in [1.807, 2.05) is 0 Å². The Morgan fingerprint density at radius 1 is 0.357 bits per heavy atom. The highest BCUT2D eigenvalue weighted by atomic mass is 15.0. The van der Waals surface area contributed by atoms with Gasteiger partial charge in [-0.15, -0.1) is 0 Å². The zero-order chi connectivity index (χ0) is 37.9. The van der Waals surface area contributed by atoms with Crippen LogP contribution in [-0.4, -0.2) is 18.8 Å². The third-order valence-electron chi connectivity index (χ3n) is 12.2. The number of pyridine rings is 2. The summed E-state index contributed by atoms with van der Waals surface area (Å²) in [6, 6.07) is 49.0. The number of hydrogen-bond donors (Lipinski definition) is 0. The summed E-state index contributed by atoms with van der Waals surface area (Å²) < 4.78 is 4.96. The normalized spacial score (nSPS) is 12.0. The first-order chi connectivity index (χ1) is 27.6. The van der Waals surface area contributed by atoms with Gasteiger partial charge in [0.25, 0.3) is 0 Å². The van der Waals surface area contributed by atoms with Crippen LogP contribution in [0.5, 0.6) is 0 Å². The Bertz CT molecular complexity index is 2880. The van der Waals surface area contributed by atoms with Gasteiger partial charge in [-0.25, -0.2) is 9.97 Å². The Morgan fingerprint density at radius 2 is 0.679 bits per heavy atom. The van der Waals surface area contributed by atoms with Crippen LogP contribution in [0.4, 0.5) is 0 Å². The molecule has 0 N–H and O–H groups in total. The molecule has 0 unspecified atom stereocenters. The van der Waals surface area contributed by atoms with E-state index in [1.54, 1.807) is 0 Å². The van der Waals surface area contributed by atoms with E-state index in [0.29, 0.717) is 0 Å². The number of imidazole rings is 2. The molecule has 0 spiro atoms. The van der Waals surface area contributed by atoms with Gasteiger partial charge in [0.05, 0.1) is 33.8 Å². The lowest BCUT2D eigenvalue weighted by atomic mass is 9.91. The molecule has 10 rings (SSSR count). The van der Waals surface area contributed by atoms with Crippen molar-refractivity contribution in [2.75, 3.05) is 0 Å². The molecule has 4 aromatic heterocycles. The fraction of sp³-hybridized carbons (Fsp3) is 0.192. The molecule has 0 aliphatic carbocycles. The molecule has 0 fully saturated rings. The fourth-order valence-corrected chi connectivity index (χ4v) is 9.57. The second kappa shape index (κ2) is 13.8. The minimum Gasteiger partial charge on any atom is -0.291 e. The lowest BCUT2D eigenvalue weighted by Crippen LogP contribution is -2.04. The Hall–Kier alpha value is -6.26. The van der Waals surface area contributed by atoms with Crippen LogP contribution in [0.2, 0.25) is 0 Å². The number of nitrogens with zero attached hydrogens (tertiary/aromatic N) is 4. The molecule has 0 saturated carbocycles. The van der Waals surface area contributed by atoms with Crippen LogP contribution in [0.25, 0.3) is 77.2 Å². The number of rotatable bonds is 9. The Morgan fingerprint density at radius 3 is 1.04 bits per heavy atom. The highest BCUT2D eigenvalue weighted by Gasteiger charge is 2.26. The molecule has 4 nitrogen and oxygen atoms in total. The molecular formula is C52H46N4. The van der Waals surface area contributed by atoms with Crippen LogP contribution < -0.4 is 0 Å². The summed E-state index contributed by atoms with van der Waals surface area (Å²) in [7, 11) is 0. The van der Waals surface area contributed by atoms with Crippen molar-refractivity contribution in [2.45, 2.75) is 66.2 Å². The van der Waals surface area contributed by atoms with Crippen LogP contribution >= 0.6 is 0 Å². The van der Waals surface area contributed by atoms with E-state index >= 15 is 0 Å². The van der Waals surface area contributed by atoms with E-state index in [-0.39, 0.29) is 0 Å². The maximum Gasteiger partial charge on any atom is 0.145 e. The largest absolute Gasteiger partial charge is 0.291 e. The van der Waals surface area contributed by atoms with Gasteiger partial charge >= 0.3 is 0 Å². The molecule has 0 atom stereocenters. The third kappa shape index (κ3) is 5.12. The molecule has 56 heavy (non-hydrogen) atoms. The van der Waals surface area contributed by atoms with Crippen molar-refractivity contribution >= 4 is 54.6 Å². The zero-order valence-electron chi connectivity index (χ0n) is 32.7. The van der Waals surface area contributed by atoms with Gasteiger partial charge in [0.15, 0.2) is 0 Å². The molecule has 4 heteroatoms. The molecular weight excluding hydrogens is 681 g/mol. The van der Waals surface area contributed by atoms with Gasteiger partial charge in [0.1, 0.15) is 11.3 Å². The van der Waals surface area contributed by atoms with Crippen LogP contribution in [-0.2, 0) is 38.5 Å². The summed E-state index contributed by atoms with van der Waals surface area (Å²) in [4.78, 5) is 11.4. The van der Waals surface area contributed by atoms with Crippen molar-refractivity contribution in [2.24, 2.45) is 0 Å². The average molecular weight is 727 g/mol. The summed E-state index contributed by atoms with van der Waals surface area (Å²) in [5.41, 5.74) is 17.2. The number of fused-ring (bicyclic) bond motifs is 12. The smallest absolute Gasteiger partial charge is 0.145 e. The summed E-state index contributed by atoms with van der Waals surface area (Å²) >= 11 is 0. The van der Waals surface area contributed by atoms with Crippen molar-refractivity contribution in [1.82, 2.24) is 18.8 Å². The van der Waals surface area contributed by atoms with Gasteiger partial charge in [-0.3, -0.25) is 8.80 Å². The number of benzene rings is 6. The second-order valence-electron chi connectivity index (χ2n) is 15.1. The second-order valence-corrected chi connectivity index (χ2v) is 15.1. The molecule has 274 valence electrons. The van der Waals surface area contributed by atoms with E-state index in [0.717, 1.165) is 61.2 Å². The van der Waals surface area contributed by atoms with Crippen molar-refractivity contribution in [1.29, 1.82) is 0 Å². The first-order valence-corrected chi connectivity index (χ1v) is 20.5. The fourth-order valence-electron chi connectivity index (χ4n) is 9.57. The maximum atomic E-state index is 5.69. The van der Waals surface area contributed by atoms with Gasteiger partial charge < -0.3 is 0 Å². The zero-order valence-corrected chi connectivity index (χ0v) is 32.7. The number of para-hydroxylation sites is 2. The summed E-state index contributed by atoms with van der Waals surface area (Å²) in [5, 5.41) is 7.34. The molecule has 10 aromatic rings. The van der Waals surface area contributed by atoms with Crippen molar-refractivity contribution < 1.29 is 0 Å². The van der Waals surface area contributed by atoms with E-state index in [4.69, 9.17) is 9.97 Å². The van der Waals surface area contributed by atoms with Gasteiger partial charge in [-0.1, -0.05) is 149 Å². The first-order valence-electron chi connectivity index (χ1n) is 20.5. The van der Waals surface area contributed by atoms with E-state index in [9.17, 15) is 0 Å². The SMILES string of the molecule is CCc1cccc(CC)c1-c1c(CCc2nc3c4ccccc4c4ccccc4n3c2-c2c(CC)cccc2CC)nc2c3ccccc3c3ccccc3n12. The molecule has 0 aliphatic heterocycles. The lowest BCUT2D eigenvalue weighted by Gasteiger charge is -2.18. The van der Waals surface area contributed by atoms with Crippen LogP contribution in [0, 0.1) is 0 Å². The van der Waals surface area contributed by atoms with Gasteiger partial charge in [0.2, 0.25) is 0 Å². The monoisotopic (exact) mass is 726 g/mol. The molecule has 0 amide bonds. The molecule has 0 aliphatic rings. The predicted octanol–water partition coefficient (Wildman–Crippen LogP) is 13.0. The van der Waals surface area contributed by atoms with Crippen LogP contribution in [0.1, 0.15) is 61.3 Å². The van der Waals surface area contributed by atoms with E-state index < -0.39 is 0 Å². The van der Waals surface area contributed by atoms with Crippen molar-refractivity contribution in [3.8, 4) is 22.5 Å². The molecule has 0 bridgehead atoms. The predicted molar refractivity (Wildman–Crippen MR) is 236 cm³/mol. The quantitative estimate of drug-likeness (QED) is 0.139. The van der Waals surface area contributed by atoms with Gasteiger partial charge in [0, 0.05) is 32.7 Å². The van der Waals surface area contributed by atoms with Crippen molar-refractivity contribution in [3.63, 3.8) is 0 Å². The Balaban J connectivity index is 1.29. The summed E-state index contributed by atoms with van der Waals surface area (Å²) in [6.45, 7) is 9.12. The number of hydrogen-bond acceptors (Lipinski definition) is 2. The number of aromatic nitrogens is 4. The summed E-state index contributed by atoms with van der Waals surface area (Å²) in [6.07, 6.45) is 5.31. The lowest BCUT2D eigenvalue weighted by molar-refractivity contribution is 0.903. The molecule has 0 saturated heterocycles. The Kier molecular flexibility index (Phi) is 8.44. The number of aryl methyl sites for hydroxylation is 6. The Labute approximate surface area is 328 Å². The summed E-state index contributed by atoms with van der Waals surface area (Å²) in [5.74, 6) is 0.